The Balaban J connectivity index is 1.51. The average Bonchev–Trinajstić information content (AvgIpc) is 3.34. The molecule has 1 N–H and O–H groups in total. The molecule has 1 saturated carbocycles. The van der Waals surface area contributed by atoms with E-state index in [-0.39, 0.29) is 17.5 Å². The fraction of sp³-hybridized carbons (Fsp3) is 0.200. The molecule has 4 aromatic rings. The Morgan fingerprint density at radius 2 is 1.68 bits per heavy atom. The standard InChI is InChI=1S/C25H22N4O2/c30-24(27-19-7-2-1-3-8-19)18-14-12-17(13-15-18)22-25(31)29(20-9-4-5-10-20)23-21(28-22)11-6-16-26-23/h1-3,6-8,11-16,20H,4-5,9-10H2,(H,27,30). The van der Waals surface area contributed by atoms with Crippen molar-refractivity contribution in [3.05, 3.63) is 88.8 Å². The second kappa shape index (κ2) is 8.14. The number of nitrogens with one attached hydrogen (secondary N) is 1. The predicted octanol–water partition coefficient (Wildman–Crippen LogP) is 4.83. The summed E-state index contributed by atoms with van der Waals surface area (Å²) in [6.45, 7) is 0. The lowest BCUT2D eigenvalue weighted by Crippen LogP contribution is -2.27. The zero-order valence-corrected chi connectivity index (χ0v) is 17.0. The quantitative estimate of drug-likeness (QED) is 0.523. The summed E-state index contributed by atoms with van der Waals surface area (Å²) in [7, 11) is 0. The van der Waals surface area contributed by atoms with E-state index in [0.29, 0.717) is 28.0 Å². The molecule has 0 atom stereocenters. The van der Waals surface area contributed by atoms with E-state index in [9.17, 15) is 9.59 Å². The van der Waals surface area contributed by atoms with Crippen molar-refractivity contribution in [1.82, 2.24) is 14.5 Å². The largest absolute Gasteiger partial charge is 0.322 e. The van der Waals surface area contributed by atoms with Gasteiger partial charge in [0.2, 0.25) is 0 Å². The lowest BCUT2D eigenvalue weighted by molar-refractivity contribution is 0.102. The molecular weight excluding hydrogens is 388 g/mol. The average molecular weight is 410 g/mol. The molecule has 0 saturated heterocycles. The Morgan fingerprint density at radius 1 is 0.935 bits per heavy atom. The number of fused-ring (bicyclic) bond motifs is 1. The summed E-state index contributed by atoms with van der Waals surface area (Å²) >= 11 is 0. The molecule has 6 nitrogen and oxygen atoms in total. The number of rotatable bonds is 4. The topological polar surface area (TPSA) is 76.9 Å². The minimum Gasteiger partial charge on any atom is -0.322 e. The van der Waals surface area contributed by atoms with E-state index >= 15 is 0 Å². The molecule has 5 rings (SSSR count). The number of hydrogen-bond acceptors (Lipinski definition) is 4. The van der Waals surface area contributed by atoms with Crippen LogP contribution in [0.5, 0.6) is 0 Å². The molecule has 0 spiro atoms. The number of pyridine rings is 1. The molecule has 0 aliphatic heterocycles. The second-order valence-corrected chi connectivity index (χ2v) is 7.82. The van der Waals surface area contributed by atoms with Gasteiger partial charge in [-0.2, -0.15) is 0 Å². The van der Waals surface area contributed by atoms with Gasteiger partial charge in [-0.1, -0.05) is 43.2 Å². The van der Waals surface area contributed by atoms with E-state index < -0.39 is 0 Å². The van der Waals surface area contributed by atoms with Crippen LogP contribution in [0.2, 0.25) is 0 Å². The number of carbonyl (C=O) groups excluding carboxylic acids is 1. The summed E-state index contributed by atoms with van der Waals surface area (Å²) in [5, 5.41) is 2.87. The van der Waals surface area contributed by atoms with Crippen LogP contribution in [0.25, 0.3) is 22.4 Å². The van der Waals surface area contributed by atoms with E-state index in [4.69, 9.17) is 0 Å². The maximum Gasteiger partial charge on any atom is 0.278 e. The highest BCUT2D eigenvalue weighted by atomic mass is 16.1. The number of para-hydroxylation sites is 1. The van der Waals surface area contributed by atoms with E-state index in [1.165, 1.54) is 0 Å². The third-order valence-electron chi connectivity index (χ3n) is 5.79. The van der Waals surface area contributed by atoms with Crippen molar-refractivity contribution in [1.29, 1.82) is 0 Å². The van der Waals surface area contributed by atoms with Gasteiger partial charge in [-0.25, -0.2) is 9.97 Å². The van der Waals surface area contributed by atoms with Crippen molar-refractivity contribution < 1.29 is 4.79 Å². The van der Waals surface area contributed by atoms with Gasteiger partial charge in [-0.15, -0.1) is 0 Å². The number of amides is 1. The predicted molar refractivity (Wildman–Crippen MR) is 121 cm³/mol. The van der Waals surface area contributed by atoms with Gasteiger partial charge in [0.05, 0.1) is 0 Å². The van der Waals surface area contributed by atoms with Gasteiger partial charge < -0.3 is 5.32 Å². The Morgan fingerprint density at radius 3 is 2.42 bits per heavy atom. The fourth-order valence-corrected chi connectivity index (χ4v) is 4.23. The maximum absolute atomic E-state index is 13.4. The Hall–Kier alpha value is -3.80. The number of benzene rings is 2. The van der Waals surface area contributed by atoms with Crippen LogP contribution >= 0.6 is 0 Å². The van der Waals surface area contributed by atoms with Gasteiger partial charge in [0, 0.05) is 29.1 Å². The van der Waals surface area contributed by atoms with Crippen molar-refractivity contribution >= 4 is 22.8 Å². The zero-order valence-electron chi connectivity index (χ0n) is 17.0. The molecule has 0 bridgehead atoms. The molecule has 1 aliphatic rings. The summed E-state index contributed by atoms with van der Waals surface area (Å²) in [4.78, 5) is 35.0. The molecule has 1 fully saturated rings. The van der Waals surface area contributed by atoms with Crippen LogP contribution in [0, 0.1) is 0 Å². The molecule has 2 aromatic carbocycles. The molecule has 2 heterocycles. The van der Waals surface area contributed by atoms with Crippen LogP contribution < -0.4 is 10.9 Å². The highest BCUT2D eigenvalue weighted by molar-refractivity contribution is 6.04. The third kappa shape index (κ3) is 3.72. The number of carbonyl (C=O) groups is 1. The molecular formula is C25H22N4O2. The second-order valence-electron chi connectivity index (χ2n) is 7.82. The number of hydrogen-bond donors (Lipinski definition) is 1. The SMILES string of the molecule is O=C(Nc1ccccc1)c1ccc(-c2nc3cccnc3n(C3CCCC3)c2=O)cc1. The van der Waals surface area contributed by atoms with Crippen LogP contribution in [0.1, 0.15) is 42.1 Å². The number of aromatic nitrogens is 3. The normalized spacial score (nSPS) is 14.1. The minimum absolute atomic E-state index is 0.125. The van der Waals surface area contributed by atoms with Gasteiger partial charge in [-0.05, 0) is 49.2 Å². The first-order valence-electron chi connectivity index (χ1n) is 10.5. The van der Waals surface area contributed by atoms with Crippen LogP contribution in [-0.2, 0) is 0 Å². The lowest BCUT2D eigenvalue weighted by Gasteiger charge is -2.17. The minimum atomic E-state index is -0.197. The molecule has 2 aromatic heterocycles. The monoisotopic (exact) mass is 410 g/mol. The molecule has 0 radical (unpaired) electrons. The van der Waals surface area contributed by atoms with Crippen LogP contribution in [0.15, 0.2) is 77.7 Å². The van der Waals surface area contributed by atoms with E-state index in [1.54, 1.807) is 30.5 Å². The van der Waals surface area contributed by atoms with Crippen molar-refractivity contribution in [3.8, 4) is 11.3 Å². The smallest absolute Gasteiger partial charge is 0.278 e. The van der Waals surface area contributed by atoms with E-state index in [2.05, 4.69) is 15.3 Å². The molecule has 154 valence electrons. The van der Waals surface area contributed by atoms with E-state index in [1.807, 2.05) is 47.0 Å². The Kier molecular flexibility index (Phi) is 5.04. The highest BCUT2D eigenvalue weighted by Crippen LogP contribution is 2.30. The summed E-state index contributed by atoms with van der Waals surface area (Å²) in [5.41, 5.74) is 3.56. The molecule has 31 heavy (non-hydrogen) atoms. The summed E-state index contributed by atoms with van der Waals surface area (Å²) in [6.07, 6.45) is 5.90. The maximum atomic E-state index is 13.4. The molecule has 1 amide bonds. The summed E-state index contributed by atoms with van der Waals surface area (Å²) < 4.78 is 1.82. The molecule has 1 aliphatic carbocycles. The summed E-state index contributed by atoms with van der Waals surface area (Å²) in [6, 6.07) is 20.2. The number of nitrogens with zero attached hydrogens (tertiary/aromatic N) is 3. The zero-order chi connectivity index (χ0) is 21.2. The Bertz CT molecular complexity index is 1290. The highest BCUT2D eigenvalue weighted by Gasteiger charge is 2.23. The van der Waals surface area contributed by atoms with Crippen molar-refractivity contribution in [2.75, 3.05) is 5.32 Å². The van der Waals surface area contributed by atoms with Crippen LogP contribution in [0.3, 0.4) is 0 Å². The van der Waals surface area contributed by atoms with Gasteiger partial charge in [-0.3, -0.25) is 14.2 Å². The third-order valence-corrected chi connectivity index (χ3v) is 5.79. The first kappa shape index (κ1) is 19.2. The number of anilines is 1. The Labute approximate surface area is 179 Å². The molecule has 6 heteroatoms. The fourth-order valence-electron chi connectivity index (χ4n) is 4.23. The lowest BCUT2D eigenvalue weighted by atomic mass is 10.1. The van der Waals surface area contributed by atoms with Gasteiger partial charge in [0.15, 0.2) is 5.65 Å². The van der Waals surface area contributed by atoms with Crippen LogP contribution in [0.4, 0.5) is 5.69 Å². The van der Waals surface area contributed by atoms with Gasteiger partial charge >= 0.3 is 0 Å². The summed E-state index contributed by atoms with van der Waals surface area (Å²) in [5.74, 6) is -0.197. The first-order chi connectivity index (χ1) is 15.2. The van der Waals surface area contributed by atoms with Gasteiger partial charge in [0.1, 0.15) is 11.2 Å². The van der Waals surface area contributed by atoms with Gasteiger partial charge in [0.25, 0.3) is 11.5 Å². The van der Waals surface area contributed by atoms with E-state index in [0.717, 1.165) is 31.4 Å². The van der Waals surface area contributed by atoms with Crippen molar-refractivity contribution in [2.45, 2.75) is 31.7 Å². The van der Waals surface area contributed by atoms with Crippen LogP contribution in [-0.4, -0.2) is 20.4 Å². The van der Waals surface area contributed by atoms with Crippen molar-refractivity contribution in [3.63, 3.8) is 0 Å². The van der Waals surface area contributed by atoms with Crippen molar-refractivity contribution in [2.24, 2.45) is 0 Å². The molecule has 0 unspecified atom stereocenters. The first-order valence-corrected chi connectivity index (χ1v) is 10.5.